The summed E-state index contributed by atoms with van der Waals surface area (Å²) in [5, 5.41) is 5.42. The molecule has 0 unspecified atom stereocenters. The van der Waals surface area contributed by atoms with Crippen LogP contribution in [0.4, 0.5) is 0 Å². The first-order valence-corrected chi connectivity index (χ1v) is 9.13. The fraction of sp³-hybridized carbons (Fsp3) is 0.182. The van der Waals surface area contributed by atoms with Gasteiger partial charge in [-0.2, -0.15) is 0 Å². The SMILES string of the molecule is COc1ccc(-c2nc(Cc3c(C)[nH][nH]c3=O)oc2-c2ccc(OC)cc2)cc1. The molecule has 0 spiro atoms. The number of ether oxygens (including phenoxy) is 2. The number of hydrogen-bond donors (Lipinski definition) is 2. The minimum absolute atomic E-state index is 0.169. The van der Waals surface area contributed by atoms with Gasteiger partial charge in [0, 0.05) is 22.4 Å². The number of H-pyrrole nitrogens is 2. The quantitative estimate of drug-likeness (QED) is 0.519. The Morgan fingerprint density at radius 2 is 1.48 bits per heavy atom. The first kappa shape index (κ1) is 18.6. The van der Waals surface area contributed by atoms with E-state index in [1.54, 1.807) is 14.2 Å². The number of methoxy groups -OCH3 is 2. The summed E-state index contributed by atoms with van der Waals surface area (Å²) in [6, 6.07) is 15.2. The van der Waals surface area contributed by atoms with Gasteiger partial charge < -0.3 is 19.0 Å². The predicted octanol–water partition coefficient (Wildman–Crippen LogP) is 3.94. The normalized spacial score (nSPS) is 10.9. The second-order valence-electron chi connectivity index (χ2n) is 6.60. The molecular weight excluding hydrogens is 370 g/mol. The Hall–Kier alpha value is -3.74. The van der Waals surface area contributed by atoms with Crippen LogP contribution < -0.4 is 15.0 Å². The van der Waals surface area contributed by atoms with Crippen molar-refractivity contribution in [3.8, 4) is 34.1 Å². The highest BCUT2D eigenvalue weighted by atomic mass is 16.5. The molecule has 0 aliphatic rings. The molecule has 29 heavy (non-hydrogen) atoms. The second-order valence-corrected chi connectivity index (χ2v) is 6.60. The van der Waals surface area contributed by atoms with E-state index >= 15 is 0 Å². The third-order valence-corrected chi connectivity index (χ3v) is 4.81. The van der Waals surface area contributed by atoms with E-state index < -0.39 is 0 Å². The van der Waals surface area contributed by atoms with E-state index in [-0.39, 0.29) is 5.56 Å². The van der Waals surface area contributed by atoms with Crippen LogP contribution in [0.5, 0.6) is 11.5 Å². The zero-order chi connectivity index (χ0) is 20.4. The predicted molar refractivity (Wildman–Crippen MR) is 109 cm³/mol. The van der Waals surface area contributed by atoms with Gasteiger partial charge in [-0.25, -0.2) is 4.98 Å². The summed E-state index contributed by atoms with van der Waals surface area (Å²) in [7, 11) is 3.25. The van der Waals surface area contributed by atoms with E-state index in [4.69, 9.17) is 18.9 Å². The summed E-state index contributed by atoms with van der Waals surface area (Å²) in [6.45, 7) is 1.84. The van der Waals surface area contributed by atoms with Crippen molar-refractivity contribution in [2.45, 2.75) is 13.3 Å². The lowest BCUT2D eigenvalue weighted by molar-refractivity contribution is 0.414. The van der Waals surface area contributed by atoms with Crippen LogP contribution in [0.3, 0.4) is 0 Å². The van der Waals surface area contributed by atoms with Crippen LogP contribution >= 0.6 is 0 Å². The number of oxazole rings is 1. The number of aromatic nitrogens is 3. The van der Waals surface area contributed by atoms with Gasteiger partial charge in [-0.1, -0.05) is 0 Å². The van der Waals surface area contributed by atoms with Gasteiger partial charge in [-0.3, -0.25) is 9.89 Å². The summed E-state index contributed by atoms with van der Waals surface area (Å²) in [4.78, 5) is 16.7. The maximum Gasteiger partial charge on any atom is 0.267 e. The van der Waals surface area contributed by atoms with Crippen molar-refractivity contribution < 1.29 is 13.9 Å². The lowest BCUT2D eigenvalue weighted by Crippen LogP contribution is -2.07. The van der Waals surface area contributed by atoms with Crippen molar-refractivity contribution >= 4 is 0 Å². The summed E-state index contributed by atoms with van der Waals surface area (Å²) in [5.74, 6) is 2.62. The van der Waals surface area contributed by atoms with Crippen LogP contribution in [-0.2, 0) is 6.42 Å². The van der Waals surface area contributed by atoms with Gasteiger partial charge in [0.2, 0.25) is 0 Å². The van der Waals surface area contributed by atoms with E-state index in [1.165, 1.54) is 0 Å². The molecule has 148 valence electrons. The Morgan fingerprint density at radius 3 is 2.00 bits per heavy atom. The van der Waals surface area contributed by atoms with Crippen LogP contribution in [0.25, 0.3) is 22.6 Å². The fourth-order valence-corrected chi connectivity index (χ4v) is 3.16. The van der Waals surface area contributed by atoms with Crippen molar-refractivity contribution in [3.05, 3.63) is 76.0 Å². The molecule has 0 aliphatic heterocycles. The van der Waals surface area contributed by atoms with Crippen molar-refractivity contribution in [2.24, 2.45) is 0 Å². The Kier molecular flexibility index (Phi) is 4.95. The molecule has 2 heterocycles. The molecule has 2 aromatic carbocycles. The number of nitrogens with one attached hydrogen (secondary N) is 2. The molecule has 4 aromatic rings. The van der Waals surface area contributed by atoms with Crippen LogP contribution in [0.1, 0.15) is 17.1 Å². The number of benzene rings is 2. The van der Waals surface area contributed by atoms with E-state index in [1.807, 2.05) is 55.5 Å². The molecule has 0 bridgehead atoms. The molecule has 2 N–H and O–H groups in total. The zero-order valence-corrected chi connectivity index (χ0v) is 16.4. The molecule has 0 radical (unpaired) electrons. The van der Waals surface area contributed by atoms with E-state index in [0.717, 1.165) is 28.3 Å². The topological polar surface area (TPSA) is 93.1 Å². The molecule has 0 saturated carbocycles. The molecule has 7 heteroatoms. The highest BCUT2D eigenvalue weighted by molar-refractivity contribution is 5.77. The fourth-order valence-electron chi connectivity index (χ4n) is 3.16. The molecule has 0 fully saturated rings. The van der Waals surface area contributed by atoms with Crippen molar-refractivity contribution in [2.75, 3.05) is 14.2 Å². The first-order chi connectivity index (χ1) is 14.1. The highest BCUT2D eigenvalue weighted by Gasteiger charge is 2.19. The number of aromatic amines is 2. The maximum atomic E-state index is 12.0. The monoisotopic (exact) mass is 391 g/mol. The Labute approximate surface area is 167 Å². The highest BCUT2D eigenvalue weighted by Crippen LogP contribution is 2.34. The van der Waals surface area contributed by atoms with Crippen LogP contribution in [0.2, 0.25) is 0 Å². The first-order valence-electron chi connectivity index (χ1n) is 9.13. The average molecular weight is 391 g/mol. The van der Waals surface area contributed by atoms with Gasteiger partial charge >= 0.3 is 0 Å². The maximum absolute atomic E-state index is 12.0. The molecular formula is C22H21N3O4. The summed E-state index contributed by atoms with van der Waals surface area (Å²) in [6.07, 6.45) is 0.296. The minimum atomic E-state index is -0.169. The molecule has 0 saturated heterocycles. The van der Waals surface area contributed by atoms with Gasteiger partial charge in [0.15, 0.2) is 11.7 Å². The van der Waals surface area contributed by atoms with Crippen molar-refractivity contribution in [1.29, 1.82) is 0 Å². The van der Waals surface area contributed by atoms with Gasteiger partial charge in [0.05, 0.1) is 20.6 Å². The number of rotatable bonds is 6. The third kappa shape index (κ3) is 3.67. The Morgan fingerprint density at radius 1 is 0.897 bits per heavy atom. The molecule has 0 aliphatic carbocycles. The van der Waals surface area contributed by atoms with E-state index in [2.05, 4.69) is 10.2 Å². The van der Waals surface area contributed by atoms with Gasteiger partial charge in [0.1, 0.15) is 17.2 Å². The zero-order valence-electron chi connectivity index (χ0n) is 16.4. The van der Waals surface area contributed by atoms with E-state index in [0.29, 0.717) is 29.3 Å². The summed E-state index contributed by atoms with van der Waals surface area (Å²) in [5.41, 5.74) is 3.68. The molecule has 4 rings (SSSR count). The largest absolute Gasteiger partial charge is 0.497 e. The van der Waals surface area contributed by atoms with Gasteiger partial charge in [-0.05, 0) is 55.5 Å². The Balaban J connectivity index is 1.80. The van der Waals surface area contributed by atoms with Crippen molar-refractivity contribution in [1.82, 2.24) is 15.2 Å². The Bertz CT molecular complexity index is 1100. The van der Waals surface area contributed by atoms with Crippen LogP contribution in [-0.4, -0.2) is 29.4 Å². The third-order valence-electron chi connectivity index (χ3n) is 4.81. The lowest BCUT2D eigenvalue weighted by atomic mass is 10.1. The molecule has 0 atom stereocenters. The number of aryl methyl sites for hydroxylation is 1. The minimum Gasteiger partial charge on any atom is -0.497 e. The summed E-state index contributed by atoms with van der Waals surface area (Å²) >= 11 is 0. The number of hydrogen-bond acceptors (Lipinski definition) is 5. The number of nitrogens with zero attached hydrogens (tertiary/aromatic N) is 1. The molecule has 2 aromatic heterocycles. The van der Waals surface area contributed by atoms with Gasteiger partial charge in [-0.15, -0.1) is 0 Å². The molecule has 7 nitrogen and oxygen atoms in total. The standard InChI is InChI=1S/C22H21N3O4/c1-13-18(22(26)25-24-13)12-19-23-20(14-4-8-16(27-2)9-5-14)21(29-19)15-6-10-17(28-3)11-7-15/h4-11H,12H2,1-3H3,(H2,24,25,26). The van der Waals surface area contributed by atoms with Crippen LogP contribution in [0.15, 0.2) is 57.7 Å². The molecule has 0 amide bonds. The van der Waals surface area contributed by atoms with Crippen molar-refractivity contribution in [3.63, 3.8) is 0 Å². The summed E-state index contributed by atoms with van der Waals surface area (Å²) < 4.78 is 16.6. The van der Waals surface area contributed by atoms with Gasteiger partial charge in [0.25, 0.3) is 5.56 Å². The lowest BCUT2D eigenvalue weighted by Gasteiger charge is -2.04. The van der Waals surface area contributed by atoms with E-state index in [9.17, 15) is 4.79 Å². The average Bonchev–Trinajstić information content (AvgIpc) is 3.32. The smallest absolute Gasteiger partial charge is 0.267 e. The van der Waals surface area contributed by atoms with Crippen LogP contribution in [0, 0.1) is 6.92 Å². The second kappa shape index (κ2) is 7.71.